The number of nitrogens with zero attached hydrogens (tertiary/aromatic N) is 2. The molecule has 8 aromatic carbocycles. The van der Waals surface area contributed by atoms with Crippen molar-refractivity contribution in [3.05, 3.63) is 211 Å². The molecule has 3 heterocycles. The lowest BCUT2D eigenvalue weighted by molar-refractivity contribution is 0.395. The molecule has 0 spiro atoms. The molecule has 60 heavy (non-hydrogen) atoms. The first-order valence-electron chi connectivity index (χ1n) is 21.1. The number of hydrogen-bond donors (Lipinski definition) is 0. The quantitative estimate of drug-likeness (QED) is 0.168. The van der Waals surface area contributed by atoms with Gasteiger partial charge in [-0.05, 0) is 99.8 Å². The zero-order chi connectivity index (χ0) is 39.7. The molecule has 0 fully saturated rings. The van der Waals surface area contributed by atoms with Crippen LogP contribution in [0.5, 0.6) is 0 Å². The average molecular weight is 785 g/mol. The SMILES string of the molecule is CC1(C)c2ccccc2C2C=CC(c3cc(-n4c5ccccc5c5cc(-c6cccc7c6c6ccccc6n7-c6ccccc6)ccc54)cc4c3sc3ccccc34)=CC21. The molecule has 13 rings (SSSR count). The second-order valence-electron chi connectivity index (χ2n) is 17.3. The fraction of sp³-hybridized carbons (Fsp3) is 0.0877. The van der Waals surface area contributed by atoms with Crippen molar-refractivity contribution in [2.75, 3.05) is 0 Å². The molecule has 0 saturated carbocycles. The number of aromatic nitrogens is 2. The Morgan fingerprint density at radius 3 is 2.05 bits per heavy atom. The normalized spacial score (nSPS) is 17.0. The van der Waals surface area contributed by atoms with Crippen LogP contribution in [0.2, 0.25) is 0 Å². The van der Waals surface area contributed by atoms with Crippen LogP contribution >= 0.6 is 11.3 Å². The molecule has 2 unspecified atom stereocenters. The Balaban J connectivity index is 1.03. The van der Waals surface area contributed by atoms with Gasteiger partial charge in [-0.3, -0.25) is 0 Å². The average Bonchev–Trinajstić information content (AvgIpc) is 4.01. The standard InChI is InChI=1S/C57H40N2S/c1-57(2)48-22-10-6-17-40(48)41-29-27-36(32-49(41)57)45-33-38(34-47-43-19-9-13-26-54(43)60-56(45)47)59-50-23-11-7-18-42(50)46-31-35(28-30-52(46)59)39-21-14-25-53-55(39)44-20-8-12-24-51(44)58(53)37-15-4-3-5-16-37/h3-34,41,49H,1-2H3. The number of allylic oxidation sites excluding steroid dienone is 4. The van der Waals surface area contributed by atoms with Crippen molar-refractivity contribution in [1.82, 2.24) is 9.13 Å². The Bertz CT molecular complexity index is 3640. The van der Waals surface area contributed by atoms with E-state index in [2.05, 4.69) is 217 Å². The van der Waals surface area contributed by atoms with Gasteiger partial charge in [-0.1, -0.05) is 147 Å². The number of rotatable bonds is 4. The number of benzene rings is 8. The molecule has 0 N–H and O–H groups in total. The van der Waals surface area contributed by atoms with E-state index in [0.29, 0.717) is 11.8 Å². The summed E-state index contributed by atoms with van der Waals surface area (Å²) in [6.07, 6.45) is 7.50. The molecule has 284 valence electrons. The maximum absolute atomic E-state index is 2.60. The van der Waals surface area contributed by atoms with Gasteiger partial charge in [0.25, 0.3) is 0 Å². The maximum Gasteiger partial charge on any atom is 0.0547 e. The lowest BCUT2D eigenvalue weighted by Gasteiger charge is -2.31. The van der Waals surface area contributed by atoms with E-state index in [-0.39, 0.29) is 5.41 Å². The topological polar surface area (TPSA) is 9.86 Å². The minimum absolute atomic E-state index is 0.0412. The van der Waals surface area contributed by atoms with Gasteiger partial charge >= 0.3 is 0 Å². The lowest BCUT2D eigenvalue weighted by Crippen LogP contribution is -2.25. The summed E-state index contributed by atoms with van der Waals surface area (Å²) in [6, 6.07) is 65.4. The second-order valence-corrected chi connectivity index (χ2v) is 18.3. The van der Waals surface area contributed by atoms with E-state index in [9.17, 15) is 0 Å². The summed E-state index contributed by atoms with van der Waals surface area (Å²) in [5.41, 5.74) is 15.3. The molecule has 3 aromatic heterocycles. The molecule has 0 aliphatic heterocycles. The molecule has 0 saturated heterocycles. The summed E-state index contributed by atoms with van der Waals surface area (Å²) in [5, 5.41) is 7.70. The van der Waals surface area contributed by atoms with Gasteiger partial charge in [0.15, 0.2) is 0 Å². The number of hydrogen-bond acceptors (Lipinski definition) is 1. The monoisotopic (exact) mass is 784 g/mol. The molecule has 2 nitrogen and oxygen atoms in total. The van der Waals surface area contributed by atoms with E-state index >= 15 is 0 Å². The molecule has 2 atom stereocenters. The van der Waals surface area contributed by atoms with Crippen LogP contribution in [0, 0.1) is 5.92 Å². The third kappa shape index (κ3) is 4.70. The molecule has 11 aromatic rings. The minimum Gasteiger partial charge on any atom is -0.309 e. The van der Waals surface area contributed by atoms with Gasteiger partial charge in [0.05, 0.1) is 22.1 Å². The highest BCUT2D eigenvalue weighted by molar-refractivity contribution is 7.26. The fourth-order valence-electron chi connectivity index (χ4n) is 11.1. The van der Waals surface area contributed by atoms with Crippen LogP contribution in [0.3, 0.4) is 0 Å². The Kier molecular flexibility index (Phi) is 7.10. The predicted molar refractivity (Wildman–Crippen MR) is 256 cm³/mol. The first-order chi connectivity index (χ1) is 29.5. The first-order valence-corrected chi connectivity index (χ1v) is 21.9. The second kappa shape index (κ2) is 12.5. The van der Waals surface area contributed by atoms with Crippen molar-refractivity contribution in [2.24, 2.45) is 5.92 Å². The van der Waals surface area contributed by atoms with Crippen LogP contribution in [0.15, 0.2) is 194 Å². The van der Waals surface area contributed by atoms with Gasteiger partial charge in [-0.15, -0.1) is 11.3 Å². The van der Waals surface area contributed by atoms with Crippen molar-refractivity contribution in [3.8, 4) is 22.5 Å². The van der Waals surface area contributed by atoms with Crippen LogP contribution in [0.4, 0.5) is 0 Å². The first kappa shape index (κ1) is 34.0. The summed E-state index contributed by atoms with van der Waals surface area (Å²) >= 11 is 1.92. The Labute approximate surface area is 352 Å². The van der Waals surface area contributed by atoms with E-state index in [1.54, 1.807) is 0 Å². The van der Waals surface area contributed by atoms with E-state index in [1.165, 1.54) is 109 Å². The molecule has 0 amide bonds. The van der Waals surface area contributed by atoms with E-state index in [4.69, 9.17) is 0 Å². The van der Waals surface area contributed by atoms with Gasteiger partial charge in [0.1, 0.15) is 0 Å². The van der Waals surface area contributed by atoms with Crippen molar-refractivity contribution < 1.29 is 0 Å². The fourth-order valence-corrected chi connectivity index (χ4v) is 12.3. The third-order valence-electron chi connectivity index (χ3n) is 13.8. The summed E-state index contributed by atoms with van der Waals surface area (Å²) in [4.78, 5) is 0. The van der Waals surface area contributed by atoms with Crippen molar-refractivity contribution in [2.45, 2.75) is 25.2 Å². The van der Waals surface area contributed by atoms with E-state index in [0.717, 1.165) is 0 Å². The van der Waals surface area contributed by atoms with Gasteiger partial charge in [-0.2, -0.15) is 0 Å². The molecule has 2 aliphatic carbocycles. The lowest BCUT2D eigenvalue weighted by atomic mass is 9.73. The third-order valence-corrected chi connectivity index (χ3v) is 15.0. The highest BCUT2D eigenvalue weighted by atomic mass is 32.1. The molecular weight excluding hydrogens is 745 g/mol. The largest absolute Gasteiger partial charge is 0.309 e. The molecule has 0 bridgehead atoms. The van der Waals surface area contributed by atoms with E-state index < -0.39 is 0 Å². The number of para-hydroxylation sites is 3. The predicted octanol–water partition coefficient (Wildman–Crippen LogP) is 15.6. The zero-order valence-electron chi connectivity index (χ0n) is 33.4. The highest BCUT2D eigenvalue weighted by Crippen LogP contribution is 2.55. The smallest absolute Gasteiger partial charge is 0.0547 e. The van der Waals surface area contributed by atoms with Crippen LogP contribution < -0.4 is 0 Å². The maximum atomic E-state index is 2.60. The summed E-state index contributed by atoms with van der Waals surface area (Å²) in [7, 11) is 0. The van der Waals surface area contributed by atoms with Gasteiger partial charge in [0, 0.05) is 64.6 Å². The van der Waals surface area contributed by atoms with Crippen molar-refractivity contribution in [3.63, 3.8) is 0 Å². The van der Waals surface area contributed by atoms with Crippen molar-refractivity contribution >= 4 is 80.7 Å². The Morgan fingerprint density at radius 1 is 0.500 bits per heavy atom. The number of fused-ring (bicyclic) bond motifs is 12. The Hall–Kier alpha value is -6.94. The van der Waals surface area contributed by atoms with Crippen LogP contribution in [0.1, 0.15) is 36.5 Å². The molecule has 2 aliphatic rings. The minimum atomic E-state index is 0.0412. The molecular formula is C57H40N2S. The van der Waals surface area contributed by atoms with Crippen LogP contribution in [-0.4, -0.2) is 9.13 Å². The van der Waals surface area contributed by atoms with E-state index in [1.807, 2.05) is 11.3 Å². The summed E-state index contributed by atoms with van der Waals surface area (Å²) < 4.78 is 7.60. The van der Waals surface area contributed by atoms with Gasteiger partial charge in [-0.25, -0.2) is 0 Å². The zero-order valence-corrected chi connectivity index (χ0v) is 34.2. The molecule has 0 radical (unpaired) electrons. The van der Waals surface area contributed by atoms with Crippen LogP contribution in [-0.2, 0) is 5.41 Å². The highest BCUT2D eigenvalue weighted by Gasteiger charge is 2.45. The summed E-state index contributed by atoms with van der Waals surface area (Å²) in [6.45, 7) is 4.87. The molecule has 3 heteroatoms. The van der Waals surface area contributed by atoms with Gasteiger partial charge < -0.3 is 9.13 Å². The Morgan fingerprint density at radius 2 is 1.18 bits per heavy atom. The van der Waals surface area contributed by atoms with Crippen LogP contribution in [0.25, 0.3) is 91.9 Å². The summed E-state index contributed by atoms with van der Waals surface area (Å²) in [5.74, 6) is 0.786. The van der Waals surface area contributed by atoms with Gasteiger partial charge in [0.2, 0.25) is 0 Å². The number of thiophene rings is 1. The van der Waals surface area contributed by atoms with Crippen molar-refractivity contribution in [1.29, 1.82) is 0 Å².